The number of hydrogen-bond donors (Lipinski definition) is 2. The number of carbonyl (C=O) groups excluding carboxylic acids is 4. The zero-order chi connectivity index (χ0) is 14.8. The summed E-state index contributed by atoms with van der Waals surface area (Å²) in [4.78, 5) is 46.8. The van der Waals surface area contributed by atoms with Crippen molar-refractivity contribution in [1.82, 2.24) is 20.4 Å². The summed E-state index contributed by atoms with van der Waals surface area (Å²) in [5.41, 5.74) is 0. The number of rotatable bonds is 8. The van der Waals surface area contributed by atoms with Crippen LogP contribution in [0.2, 0.25) is 0 Å². The third-order valence-electron chi connectivity index (χ3n) is 2.19. The molecular formula is C11H20N4O4. The predicted octanol–water partition coefficient (Wildman–Crippen LogP) is -2.21. The molecule has 0 unspecified atom stereocenters. The fourth-order valence-electron chi connectivity index (χ4n) is 1.19. The highest BCUT2D eigenvalue weighted by Crippen LogP contribution is 1.84. The first-order chi connectivity index (χ1) is 8.90. The second-order valence-corrected chi connectivity index (χ2v) is 4.00. The fraction of sp³-hybridized carbons (Fsp3) is 0.636. The first kappa shape index (κ1) is 16.9. The van der Waals surface area contributed by atoms with Gasteiger partial charge in [0.15, 0.2) is 0 Å². The number of nitrogens with one attached hydrogen (secondary N) is 2. The van der Waals surface area contributed by atoms with Crippen LogP contribution in [0.4, 0.5) is 0 Å². The molecule has 0 atom stereocenters. The van der Waals surface area contributed by atoms with E-state index < -0.39 is 5.91 Å². The summed E-state index contributed by atoms with van der Waals surface area (Å²) in [5.74, 6) is -1.08. The number of likely N-dealkylation sites (N-methyl/N-ethyl adjacent to an activating group) is 3. The van der Waals surface area contributed by atoms with E-state index in [0.717, 1.165) is 4.90 Å². The van der Waals surface area contributed by atoms with Crippen molar-refractivity contribution in [3.05, 3.63) is 0 Å². The Morgan fingerprint density at radius 3 is 2.16 bits per heavy atom. The molecule has 0 saturated carbocycles. The maximum absolute atomic E-state index is 11.6. The third-order valence-corrected chi connectivity index (χ3v) is 2.19. The molecule has 0 rings (SSSR count). The summed E-state index contributed by atoms with van der Waals surface area (Å²) >= 11 is 0. The molecule has 0 radical (unpaired) electrons. The van der Waals surface area contributed by atoms with Gasteiger partial charge in [0.1, 0.15) is 0 Å². The Hall–Kier alpha value is -2.12. The van der Waals surface area contributed by atoms with Crippen LogP contribution in [-0.4, -0.2) is 74.2 Å². The van der Waals surface area contributed by atoms with Crippen molar-refractivity contribution >= 4 is 24.1 Å². The maximum atomic E-state index is 11.6. The van der Waals surface area contributed by atoms with E-state index in [1.165, 1.54) is 19.0 Å². The molecule has 0 aliphatic heterocycles. The Morgan fingerprint density at radius 2 is 1.63 bits per heavy atom. The van der Waals surface area contributed by atoms with Gasteiger partial charge in [-0.25, -0.2) is 0 Å². The Bertz CT molecular complexity index is 346. The van der Waals surface area contributed by atoms with Crippen LogP contribution >= 0.6 is 0 Å². The van der Waals surface area contributed by atoms with Crippen molar-refractivity contribution in [2.24, 2.45) is 0 Å². The van der Waals surface area contributed by atoms with Crippen LogP contribution in [0.15, 0.2) is 0 Å². The van der Waals surface area contributed by atoms with E-state index in [9.17, 15) is 19.2 Å². The molecular weight excluding hydrogens is 252 g/mol. The molecule has 8 nitrogen and oxygen atoms in total. The lowest BCUT2D eigenvalue weighted by Gasteiger charge is -2.17. The van der Waals surface area contributed by atoms with Crippen molar-refractivity contribution in [3.8, 4) is 0 Å². The predicted molar refractivity (Wildman–Crippen MR) is 68.0 cm³/mol. The fourth-order valence-corrected chi connectivity index (χ4v) is 1.19. The smallest absolute Gasteiger partial charge is 0.242 e. The highest BCUT2D eigenvalue weighted by molar-refractivity contribution is 5.88. The van der Waals surface area contributed by atoms with Crippen LogP contribution in [0.5, 0.6) is 0 Å². The molecule has 108 valence electrons. The second-order valence-electron chi connectivity index (χ2n) is 4.00. The van der Waals surface area contributed by atoms with E-state index in [2.05, 4.69) is 10.6 Å². The summed E-state index contributed by atoms with van der Waals surface area (Å²) in [6.07, 6.45) is 0.516. The summed E-state index contributed by atoms with van der Waals surface area (Å²) < 4.78 is 0. The summed E-state index contributed by atoms with van der Waals surface area (Å²) in [7, 11) is 2.93. The van der Waals surface area contributed by atoms with Gasteiger partial charge in [-0.3, -0.25) is 19.2 Å². The minimum absolute atomic E-state index is 0.0587. The third kappa shape index (κ3) is 7.74. The zero-order valence-electron chi connectivity index (χ0n) is 11.4. The number of carbonyl (C=O) groups is 4. The molecule has 0 aromatic carbocycles. The normalized spacial score (nSPS) is 9.42. The molecule has 0 fully saturated rings. The van der Waals surface area contributed by atoms with Gasteiger partial charge >= 0.3 is 0 Å². The topological polar surface area (TPSA) is 98.8 Å². The quantitative estimate of drug-likeness (QED) is 0.489. The lowest BCUT2D eigenvalue weighted by Crippen LogP contribution is -2.44. The van der Waals surface area contributed by atoms with Crippen LogP contribution in [-0.2, 0) is 19.2 Å². The van der Waals surface area contributed by atoms with Gasteiger partial charge in [-0.05, 0) is 6.92 Å². The van der Waals surface area contributed by atoms with Crippen molar-refractivity contribution < 1.29 is 19.2 Å². The van der Waals surface area contributed by atoms with Gasteiger partial charge in [-0.1, -0.05) is 0 Å². The minimum Gasteiger partial charge on any atom is -0.355 e. The average molecular weight is 272 g/mol. The Morgan fingerprint density at radius 1 is 1.05 bits per heavy atom. The molecule has 0 saturated heterocycles. The summed E-state index contributed by atoms with van der Waals surface area (Å²) in [6.45, 7) is 1.90. The monoisotopic (exact) mass is 272 g/mol. The van der Waals surface area contributed by atoms with Crippen molar-refractivity contribution in [1.29, 1.82) is 0 Å². The van der Waals surface area contributed by atoms with Crippen LogP contribution in [0.25, 0.3) is 0 Å². The summed E-state index contributed by atoms with van der Waals surface area (Å²) in [5, 5.41) is 4.94. The molecule has 19 heavy (non-hydrogen) atoms. The average Bonchev–Trinajstić information content (AvgIpc) is 2.35. The molecule has 4 amide bonds. The molecule has 0 aliphatic rings. The van der Waals surface area contributed by atoms with E-state index >= 15 is 0 Å². The number of amides is 4. The highest BCUT2D eigenvalue weighted by atomic mass is 16.2. The first-order valence-corrected chi connectivity index (χ1v) is 5.83. The summed E-state index contributed by atoms with van der Waals surface area (Å²) in [6, 6.07) is 0. The highest BCUT2D eigenvalue weighted by Gasteiger charge is 2.13. The molecule has 0 heterocycles. The van der Waals surface area contributed by atoms with Crippen LogP contribution in [0.3, 0.4) is 0 Å². The van der Waals surface area contributed by atoms with E-state index in [4.69, 9.17) is 0 Å². The SMILES string of the molecule is CCNC(=O)CN(C)C(=O)CNC(=O)CN(C)C=O. The lowest BCUT2D eigenvalue weighted by molar-refractivity contribution is -0.135. The van der Waals surface area contributed by atoms with Crippen molar-refractivity contribution in [2.45, 2.75) is 6.92 Å². The van der Waals surface area contributed by atoms with Gasteiger partial charge in [-0.15, -0.1) is 0 Å². The Labute approximate surface area is 112 Å². The van der Waals surface area contributed by atoms with E-state index in [0.29, 0.717) is 13.0 Å². The molecule has 0 aliphatic carbocycles. The van der Waals surface area contributed by atoms with Crippen molar-refractivity contribution in [3.63, 3.8) is 0 Å². The van der Waals surface area contributed by atoms with Crippen LogP contribution in [0, 0.1) is 0 Å². The molecule has 0 aromatic rings. The van der Waals surface area contributed by atoms with E-state index in [-0.39, 0.29) is 31.4 Å². The Balaban J connectivity index is 3.99. The van der Waals surface area contributed by atoms with Gasteiger partial charge in [0.2, 0.25) is 24.1 Å². The second kappa shape index (κ2) is 8.90. The van der Waals surface area contributed by atoms with Gasteiger partial charge in [-0.2, -0.15) is 0 Å². The van der Waals surface area contributed by atoms with Crippen LogP contribution < -0.4 is 10.6 Å². The molecule has 0 bridgehead atoms. The zero-order valence-corrected chi connectivity index (χ0v) is 11.4. The Kier molecular flexibility index (Phi) is 7.90. The molecule has 0 spiro atoms. The number of hydrogen-bond acceptors (Lipinski definition) is 4. The standard InChI is InChI=1S/C11H20N4O4/c1-4-12-10(18)7-15(3)11(19)5-13-9(17)6-14(2)8-16/h8H,4-7H2,1-3H3,(H,12,18)(H,13,17). The van der Waals surface area contributed by atoms with E-state index in [1.54, 1.807) is 6.92 Å². The number of nitrogens with zero attached hydrogens (tertiary/aromatic N) is 2. The minimum atomic E-state index is -0.436. The van der Waals surface area contributed by atoms with Gasteiger partial charge in [0, 0.05) is 20.6 Å². The molecule has 0 aromatic heterocycles. The van der Waals surface area contributed by atoms with Crippen molar-refractivity contribution in [2.75, 3.05) is 40.3 Å². The largest absolute Gasteiger partial charge is 0.355 e. The van der Waals surface area contributed by atoms with Gasteiger partial charge in [0.05, 0.1) is 19.6 Å². The maximum Gasteiger partial charge on any atom is 0.242 e. The van der Waals surface area contributed by atoms with Gasteiger partial charge in [0.25, 0.3) is 0 Å². The molecule has 2 N–H and O–H groups in total. The molecule has 8 heteroatoms. The van der Waals surface area contributed by atoms with E-state index in [1.807, 2.05) is 0 Å². The lowest BCUT2D eigenvalue weighted by atomic mass is 10.4. The first-order valence-electron chi connectivity index (χ1n) is 5.83. The van der Waals surface area contributed by atoms with Gasteiger partial charge < -0.3 is 20.4 Å². The van der Waals surface area contributed by atoms with Crippen LogP contribution in [0.1, 0.15) is 6.92 Å².